The highest BCUT2D eigenvalue weighted by Gasteiger charge is 2.20. The molecule has 1 N–H and O–H groups in total. The third kappa shape index (κ3) is 2.55. The Morgan fingerprint density at radius 3 is 3.05 bits per heavy atom. The van der Waals surface area contributed by atoms with Gasteiger partial charge in [-0.2, -0.15) is 0 Å². The molecule has 0 bridgehead atoms. The first kappa shape index (κ1) is 15.2. The van der Waals surface area contributed by atoms with Gasteiger partial charge in [0.2, 0.25) is 0 Å². The van der Waals surface area contributed by atoms with Crippen LogP contribution in [0.5, 0.6) is 5.75 Å². The SMILES string of the molecule is CSC(=N)n1c(=O)n(C)c2c(OCC3CCCO3)cccc21. The van der Waals surface area contributed by atoms with Gasteiger partial charge in [-0.25, -0.2) is 9.36 Å². The molecular formula is C15H19N3O3S. The van der Waals surface area contributed by atoms with Gasteiger partial charge in [0.25, 0.3) is 0 Å². The summed E-state index contributed by atoms with van der Waals surface area (Å²) in [4.78, 5) is 12.4. The zero-order valence-electron chi connectivity index (χ0n) is 12.7. The van der Waals surface area contributed by atoms with Crippen molar-refractivity contribution >= 4 is 28.0 Å². The molecule has 1 aromatic carbocycles. The second-order valence-electron chi connectivity index (χ2n) is 5.26. The van der Waals surface area contributed by atoms with Gasteiger partial charge in [-0.15, -0.1) is 0 Å². The number of rotatable bonds is 3. The zero-order valence-corrected chi connectivity index (χ0v) is 13.5. The Morgan fingerprint density at radius 2 is 2.36 bits per heavy atom. The predicted octanol–water partition coefficient (Wildman–Crippen LogP) is 2.04. The summed E-state index contributed by atoms with van der Waals surface area (Å²) in [6.07, 6.45) is 3.98. The maximum Gasteiger partial charge on any atom is 0.335 e. The van der Waals surface area contributed by atoms with Crippen LogP contribution >= 0.6 is 11.8 Å². The van der Waals surface area contributed by atoms with E-state index in [2.05, 4.69) is 0 Å². The fourth-order valence-electron chi connectivity index (χ4n) is 2.74. The first-order valence-electron chi connectivity index (χ1n) is 7.21. The van der Waals surface area contributed by atoms with Gasteiger partial charge in [-0.05, 0) is 31.2 Å². The van der Waals surface area contributed by atoms with E-state index in [0.29, 0.717) is 23.4 Å². The van der Waals surface area contributed by atoms with Crippen molar-refractivity contribution in [3.63, 3.8) is 0 Å². The summed E-state index contributed by atoms with van der Waals surface area (Å²) in [6, 6.07) is 5.53. The Balaban J connectivity index is 2.01. The quantitative estimate of drug-likeness (QED) is 0.694. The fraction of sp³-hybridized carbons (Fsp3) is 0.467. The Kier molecular flexibility index (Phi) is 4.26. The summed E-state index contributed by atoms with van der Waals surface area (Å²) in [6.45, 7) is 1.27. The number of para-hydroxylation sites is 1. The highest BCUT2D eigenvalue weighted by Crippen LogP contribution is 2.26. The van der Waals surface area contributed by atoms with Gasteiger partial charge in [0.1, 0.15) is 17.9 Å². The Morgan fingerprint density at radius 1 is 1.55 bits per heavy atom. The van der Waals surface area contributed by atoms with Crippen LogP contribution in [0.15, 0.2) is 23.0 Å². The van der Waals surface area contributed by atoms with Crippen molar-refractivity contribution in [1.82, 2.24) is 9.13 Å². The second kappa shape index (κ2) is 6.18. The molecule has 0 spiro atoms. The summed E-state index contributed by atoms with van der Waals surface area (Å²) in [5.74, 6) is 0.653. The summed E-state index contributed by atoms with van der Waals surface area (Å²) in [7, 11) is 1.70. The molecule has 1 aromatic heterocycles. The molecule has 2 aromatic rings. The van der Waals surface area contributed by atoms with Crippen LogP contribution in [-0.4, -0.2) is 39.9 Å². The van der Waals surface area contributed by atoms with E-state index in [9.17, 15) is 4.79 Å². The third-order valence-electron chi connectivity index (χ3n) is 3.88. The van der Waals surface area contributed by atoms with Gasteiger partial charge < -0.3 is 9.47 Å². The number of imidazole rings is 1. The third-order valence-corrected chi connectivity index (χ3v) is 4.45. The Hall–Kier alpha value is -1.73. The number of nitrogens with one attached hydrogen (secondary N) is 1. The van der Waals surface area contributed by atoms with Crippen molar-refractivity contribution in [3.05, 3.63) is 28.7 Å². The van der Waals surface area contributed by atoms with E-state index in [4.69, 9.17) is 14.9 Å². The first-order valence-corrected chi connectivity index (χ1v) is 8.43. The summed E-state index contributed by atoms with van der Waals surface area (Å²) >= 11 is 1.23. The van der Waals surface area contributed by atoms with Crippen LogP contribution in [0.25, 0.3) is 11.0 Å². The van der Waals surface area contributed by atoms with Crippen LogP contribution in [0.3, 0.4) is 0 Å². The lowest BCUT2D eigenvalue weighted by Crippen LogP contribution is -2.25. The largest absolute Gasteiger partial charge is 0.489 e. The average molecular weight is 321 g/mol. The predicted molar refractivity (Wildman–Crippen MR) is 88.3 cm³/mol. The minimum absolute atomic E-state index is 0.124. The minimum atomic E-state index is -0.234. The maximum atomic E-state index is 12.4. The van der Waals surface area contributed by atoms with Gasteiger partial charge in [-0.1, -0.05) is 17.8 Å². The van der Waals surface area contributed by atoms with Crippen LogP contribution in [0.4, 0.5) is 0 Å². The monoisotopic (exact) mass is 321 g/mol. The normalized spacial score (nSPS) is 18.0. The van der Waals surface area contributed by atoms with E-state index in [1.54, 1.807) is 13.3 Å². The van der Waals surface area contributed by atoms with E-state index in [0.717, 1.165) is 19.4 Å². The average Bonchev–Trinajstić information content (AvgIpc) is 3.13. The summed E-state index contributed by atoms with van der Waals surface area (Å²) < 4.78 is 14.4. The smallest absolute Gasteiger partial charge is 0.335 e. The van der Waals surface area contributed by atoms with Crippen LogP contribution in [0, 0.1) is 5.41 Å². The fourth-order valence-corrected chi connectivity index (χ4v) is 3.10. The van der Waals surface area contributed by atoms with Gasteiger partial charge in [-0.3, -0.25) is 9.98 Å². The number of aromatic nitrogens is 2. The van der Waals surface area contributed by atoms with Crippen LogP contribution < -0.4 is 10.4 Å². The lowest BCUT2D eigenvalue weighted by atomic mass is 10.2. The first-order chi connectivity index (χ1) is 10.6. The zero-order chi connectivity index (χ0) is 15.7. The highest BCUT2D eigenvalue weighted by atomic mass is 32.2. The molecule has 6 nitrogen and oxygen atoms in total. The molecule has 0 radical (unpaired) electrons. The Bertz CT molecular complexity index is 759. The van der Waals surface area contributed by atoms with E-state index in [-0.39, 0.29) is 17.0 Å². The number of hydrogen-bond acceptors (Lipinski definition) is 5. The molecule has 1 unspecified atom stereocenters. The number of aryl methyl sites for hydroxylation is 1. The molecule has 22 heavy (non-hydrogen) atoms. The van der Waals surface area contributed by atoms with Crippen molar-refractivity contribution in [2.75, 3.05) is 19.5 Å². The van der Waals surface area contributed by atoms with Crippen molar-refractivity contribution in [3.8, 4) is 5.75 Å². The molecule has 118 valence electrons. The molecular weight excluding hydrogens is 302 g/mol. The second-order valence-corrected chi connectivity index (χ2v) is 6.05. The molecule has 1 saturated heterocycles. The van der Waals surface area contributed by atoms with Crippen LogP contribution in [0.2, 0.25) is 0 Å². The van der Waals surface area contributed by atoms with Crippen molar-refractivity contribution in [2.45, 2.75) is 18.9 Å². The molecule has 0 aliphatic carbocycles. The standard InChI is InChI=1S/C15H19N3O3S/c1-17-13-11(18(15(17)19)14(16)22-2)6-3-7-12(13)21-9-10-5-4-8-20-10/h3,6-7,10,16H,4-5,8-9H2,1-2H3. The molecule has 1 aliphatic heterocycles. The number of nitrogens with zero attached hydrogens (tertiary/aromatic N) is 2. The Labute approximate surface area is 132 Å². The lowest BCUT2D eigenvalue weighted by Gasteiger charge is -2.12. The molecule has 0 saturated carbocycles. The van der Waals surface area contributed by atoms with E-state index in [1.165, 1.54) is 20.9 Å². The number of fused-ring (bicyclic) bond motifs is 1. The minimum Gasteiger partial charge on any atom is -0.489 e. The lowest BCUT2D eigenvalue weighted by molar-refractivity contribution is 0.0684. The van der Waals surface area contributed by atoms with Gasteiger partial charge >= 0.3 is 5.69 Å². The van der Waals surface area contributed by atoms with Gasteiger partial charge in [0.15, 0.2) is 5.17 Å². The van der Waals surface area contributed by atoms with Crippen LogP contribution in [0.1, 0.15) is 12.8 Å². The molecule has 3 rings (SSSR count). The van der Waals surface area contributed by atoms with Crippen LogP contribution in [-0.2, 0) is 11.8 Å². The van der Waals surface area contributed by atoms with E-state index >= 15 is 0 Å². The highest BCUT2D eigenvalue weighted by molar-refractivity contribution is 8.13. The van der Waals surface area contributed by atoms with Crippen molar-refractivity contribution in [1.29, 1.82) is 5.41 Å². The number of thioether (sulfide) groups is 1. The number of benzene rings is 1. The number of hydrogen-bond donors (Lipinski definition) is 1. The summed E-state index contributed by atoms with van der Waals surface area (Å²) in [5, 5.41) is 8.18. The van der Waals surface area contributed by atoms with Crippen molar-refractivity contribution in [2.24, 2.45) is 7.05 Å². The molecule has 1 fully saturated rings. The molecule has 7 heteroatoms. The maximum absolute atomic E-state index is 12.4. The summed E-state index contributed by atoms with van der Waals surface area (Å²) in [5.41, 5.74) is 1.17. The van der Waals surface area contributed by atoms with Gasteiger partial charge in [0.05, 0.1) is 11.6 Å². The topological polar surface area (TPSA) is 69.2 Å². The molecule has 0 amide bonds. The van der Waals surface area contributed by atoms with Crippen molar-refractivity contribution < 1.29 is 9.47 Å². The van der Waals surface area contributed by atoms with E-state index < -0.39 is 0 Å². The van der Waals surface area contributed by atoms with Gasteiger partial charge in [0, 0.05) is 13.7 Å². The van der Waals surface area contributed by atoms with E-state index in [1.807, 2.05) is 18.2 Å². The molecule has 1 aliphatic rings. The molecule has 1 atom stereocenters. The molecule has 2 heterocycles. The number of ether oxygens (including phenoxy) is 2.